The number of carbonyl (C=O) groups excluding carboxylic acids is 1. The molecule has 0 aliphatic carbocycles. The number of benzene rings is 1. The Morgan fingerprint density at radius 3 is 2.09 bits per heavy atom. The summed E-state index contributed by atoms with van der Waals surface area (Å²) in [4.78, 5) is 20.9. The molecule has 1 aromatic rings. The first-order chi connectivity index (χ1) is 5.22. The quantitative estimate of drug-likeness (QED) is 0.389. The maximum atomic E-state index is 10.7. The predicted octanol–water partition coefficient (Wildman–Crippen LogP) is 0.954. The number of carboxylic acid groups (broad SMARTS) is 1. The van der Waals surface area contributed by atoms with Crippen LogP contribution in [-0.2, 0) is 4.79 Å². The molecule has 0 unspecified atom stereocenters. The number of Topliss-reactive ketones (excluding diaryl/α,β-unsaturated/α-hetero) is 1. The van der Waals surface area contributed by atoms with Gasteiger partial charge in [-0.15, -0.1) is 0 Å². The first kappa shape index (κ1) is 7.47. The van der Waals surface area contributed by atoms with E-state index < -0.39 is 11.8 Å². The van der Waals surface area contributed by atoms with E-state index in [-0.39, 0.29) is 5.56 Å². The van der Waals surface area contributed by atoms with Crippen LogP contribution in [0.5, 0.6) is 0 Å². The van der Waals surface area contributed by atoms with Crippen LogP contribution in [0.3, 0.4) is 0 Å². The van der Waals surface area contributed by atoms with Gasteiger partial charge in [0.25, 0.3) is 5.78 Å². The summed E-state index contributed by atoms with van der Waals surface area (Å²) >= 11 is 0. The number of carbonyl (C=O) groups is 2. The van der Waals surface area contributed by atoms with E-state index in [0.717, 1.165) is 0 Å². The van der Waals surface area contributed by atoms with Crippen LogP contribution >= 0.6 is 0 Å². The molecule has 3 nitrogen and oxygen atoms in total. The van der Waals surface area contributed by atoms with E-state index in [2.05, 4.69) is 0 Å². The van der Waals surface area contributed by atoms with Crippen molar-refractivity contribution in [2.45, 2.75) is 0 Å². The zero-order valence-electron chi connectivity index (χ0n) is 5.65. The van der Waals surface area contributed by atoms with Gasteiger partial charge in [0.15, 0.2) is 0 Å². The van der Waals surface area contributed by atoms with E-state index in [9.17, 15) is 9.59 Å². The Morgan fingerprint density at radius 2 is 1.64 bits per heavy atom. The molecule has 0 saturated carbocycles. The van der Waals surface area contributed by atoms with E-state index in [1.807, 2.05) is 0 Å². The molecule has 1 aromatic carbocycles. The third-order valence-electron chi connectivity index (χ3n) is 1.23. The van der Waals surface area contributed by atoms with Crippen molar-refractivity contribution >= 4 is 11.8 Å². The largest absolute Gasteiger partial charge is 0.475 e. The maximum absolute atomic E-state index is 10.7. The molecular formula is C8H6O3. The van der Waals surface area contributed by atoms with Crippen LogP contribution in [-0.4, -0.2) is 16.9 Å². The molecule has 0 atom stereocenters. The van der Waals surface area contributed by atoms with Crippen LogP contribution in [0.4, 0.5) is 0 Å². The van der Waals surface area contributed by atoms with Crippen molar-refractivity contribution in [3.05, 3.63) is 35.9 Å². The van der Waals surface area contributed by atoms with Crippen LogP contribution in [0, 0.1) is 0 Å². The minimum absolute atomic E-state index is 0.208. The molecule has 11 heavy (non-hydrogen) atoms. The van der Waals surface area contributed by atoms with Gasteiger partial charge in [-0.05, 0) is 0 Å². The Labute approximate surface area is 63.3 Å². The topological polar surface area (TPSA) is 54.4 Å². The normalized spacial score (nSPS) is 9.09. The first-order valence-electron chi connectivity index (χ1n) is 3.04. The molecule has 0 saturated heterocycles. The summed E-state index contributed by atoms with van der Waals surface area (Å²) < 4.78 is 0. The molecule has 0 spiro atoms. The number of ketones is 1. The average Bonchev–Trinajstić information content (AvgIpc) is 2.05. The van der Waals surface area contributed by atoms with Gasteiger partial charge < -0.3 is 5.11 Å². The van der Waals surface area contributed by atoms with Crippen molar-refractivity contribution in [2.24, 2.45) is 0 Å². The van der Waals surface area contributed by atoms with Crippen LogP contribution in [0.25, 0.3) is 0 Å². The van der Waals surface area contributed by atoms with E-state index in [0.29, 0.717) is 0 Å². The van der Waals surface area contributed by atoms with Crippen LogP contribution < -0.4 is 0 Å². The van der Waals surface area contributed by atoms with E-state index in [1.54, 1.807) is 18.2 Å². The smallest absolute Gasteiger partial charge is 0.377 e. The van der Waals surface area contributed by atoms with Gasteiger partial charge in [0.1, 0.15) is 0 Å². The molecule has 0 amide bonds. The van der Waals surface area contributed by atoms with Gasteiger partial charge in [-0.1, -0.05) is 30.3 Å². The SMILES string of the molecule is O=C(O)[13C](=O)c1ccccc1. The fraction of sp³-hybridized carbons (Fsp3) is 0. The van der Waals surface area contributed by atoms with Crippen LogP contribution in [0.2, 0.25) is 0 Å². The Balaban J connectivity index is 2.95. The zero-order chi connectivity index (χ0) is 8.27. The number of rotatable bonds is 2. The zero-order valence-corrected chi connectivity index (χ0v) is 5.65. The molecule has 0 aromatic heterocycles. The van der Waals surface area contributed by atoms with E-state index in [1.165, 1.54) is 12.1 Å². The van der Waals surface area contributed by atoms with Crippen molar-refractivity contribution in [3.63, 3.8) is 0 Å². The lowest BCUT2D eigenvalue weighted by atomic mass is 10.3. The van der Waals surface area contributed by atoms with Gasteiger partial charge in [-0.3, -0.25) is 4.79 Å². The van der Waals surface area contributed by atoms with Gasteiger partial charge in [-0.25, -0.2) is 4.79 Å². The average molecular weight is 151 g/mol. The summed E-state index contributed by atoms with van der Waals surface area (Å²) in [5.41, 5.74) is 0.208. The fourth-order valence-corrected chi connectivity index (χ4v) is 0.713. The van der Waals surface area contributed by atoms with Crippen LogP contribution in [0.15, 0.2) is 30.3 Å². The molecule has 0 aliphatic rings. The highest BCUT2D eigenvalue weighted by atomic mass is 16.4. The summed E-state index contributed by atoms with van der Waals surface area (Å²) in [5, 5.41) is 8.29. The van der Waals surface area contributed by atoms with Crippen molar-refractivity contribution < 1.29 is 14.7 Å². The highest BCUT2D eigenvalue weighted by molar-refractivity contribution is 6.39. The van der Waals surface area contributed by atoms with Gasteiger partial charge in [0, 0.05) is 5.56 Å². The van der Waals surface area contributed by atoms with Gasteiger partial charge in [0.05, 0.1) is 0 Å². The van der Waals surface area contributed by atoms with Gasteiger partial charge >= 0.3 is 5.97 Å². The second kappa shape index (κ2) is 2.96. The number of hydrogen-bond acceptors (Lipinski definition) is 2. The van der Waals surface area contributed by atoms with Gasteiger partial charge in [0.2, 0.25) is 0 Å². The predicted molar refractivity (Wildman–Crippen MR) is 38.4 cm³/mol. The third kappa shape index (κ3) is 1.64. The summed E-state index contributed by atoms with van der Waals surface area (Å²) in [6.07, 6.45) is 0. The Kier molecular flexibility index (Phi) is 2.01. The molecule has 0 fully saturated rings. The Bertz CT molecular complexity index is 277. The van der Waals surface area contributed by atoms with E-state index >= 15 is 0 Å². The van der Waals surface area contributed by atoms with Crippen molar-refractivity contribution in [1.82, 2.24) is 0 Å². The van der Waals surface area contributed by atoms with Crippen molar-refractivity contribution in [1.29, 1.82) is 0 Å². The number of carboxylic acids is 1. The maximum Gasteiger partial charge on any atom is 0.377 e. The monoisotopic (exact) mass is 151 g/mol. The standard InChI is InChI=1S/C8H6O3/c9-7(8(10)11)6-4-2-1-3-5-6/h1-5H,(H,10,11)/i7+1. The number of hydrogen-bond donors (Lipinski definition) is 1. The Morgan fingerprint density at radius 1 is 1.09 bits per heavy atom. The van der Waals surface area contributed by atoms with E-state index in [4.69, 9.17) is 5.11 Å². The lowest BCUT2D eigenvalue weighted by Crippen LogP contribution is -2.12. The molecule has 1 rings (SSSR count). The minimum Gasteiger partial charge on any atom is -0.475 e. The molecule has 0 radical (unpaired) electrons. The molecule has 3 heteroatoms. The summed E-state index contributed by atoms with van der Waals surface area (Å²) in [7, 11) is 0. The molecule has 0 aliphatic heterocycles. The molecule has 0 bridgehead atoms. The summed E-state index contributed by atoms with van der Waals surface area (Å²) in [5.74, 6) is -2.29. The molecule has 0 heterocycles. The van der Waals surface area contributed by atoms with Crippen LogP contribution in [0.1, 0.15) is 10.4 Å². The number of aliphatic carboxylic acids is 1. The summed E-state index contributed by atoms with van der Waals surface area (Å²) in [6, 6.07) is 7.90. The summed E-state index contributed by atoms with van der Waals surface area (Å²) in [6.45, 7) is 0. The minimum atomic E-state index is -1.42. The first-order valence-corrected chi connectivity index (χ1v) is 3.04. The van der Waals surface area contributed by atoms with Crippen molar-refractivity contribution in [2.75, 3.05) is 0 Å². The molecule has 56 valence electrons. The lowest BCUT2D eigenvalue weighted by Gasteiger charge is -1.91. The second-order valence-electron chi connectivity index (χ2n) is 2.00. The Hall–Kier alpha value is -1.64. The molecular weight excluding hydrogens is 145 g/mol. The second-order valence-corrected chi connectivity index (χ2v) is 2.00. The van der Waals surface area contributed by atoms with Crippen molar-refractivity contribution in [3.8, 4) is 0 Å². The molecule has 1 N–H and O–H groups in total. The third-order valence-corrected chi connectivity index (χ3v) is 1.23. The fourth-order valence-electron chi connectivity index (χ4n) is 0.713. The lowest BCUT2D eigenvalue weighted by molar-refractivity contribution is -0.131. The highest BCUT2D eigenvalue weighted by Crippen LogP contribution is 1.98. The highest BCUT2D eigenvalue weighted by Gasteiger charge is 2.12. The van der Waals surface area contributed by atoms with Gasteiger partial charge in [-0.2, -0.15) is 0 Å².